The highest BCUT2D eigenvalue weighted by Crippen LogP contribution is 2.37. The molecule has 166 valence electrons. The van der Waals surface area contributed by atoms with Gasteiger partial charge in [0.2, 0.25) is 5.78 Å². The average molecular weight is 435 g/mol. The third-order valence-electron chi connectivity index (χ3n) is 5.90. The molecule has 0 amide bonds. The number of ether oxygens (including phenoxy) is 3. The first kappa shape index (κ1) is 21.6. The third-order valence-corrected chi connectivity index (χ3v) is 5.90. The molecular weight excluding hydrogens is 410 g/mol. The van der Waals surface area contributed by atoms with Gasteiger partial charge in [-0.2, -0.15) is 0 Å². The first-order valence-electron chi connectivity index (χ1n) is 10.6. The summed E-state index contributed by atoms with van der Waals surface area (Å²) < 4.78 is 16.8. The minimum absolute atomic E-state index is 0.00411. The number of rotatable bonds is 8. The molecule has 1 heterocycles. The van der Waals surface area contributed by atoms with Crippen LogP contribution in [0.15, 0.2) is 42.6 Å². The van der Waals surface area contributed by atoms with Crippen LogP contribution in [0.25, 0.3) is 10.8 Å². The van der Waals surface area contributed by atoms with Gasteiger partial charge in [-0.15, -0.1) is 0 Å². The van der Waals surface area contributed by atoms with Crippen LogP contribution < -0.4 is 14.2 Å². The number of benzene rings is 2. The van der Waals surface area contributed by atoms with Crippen LogP contribution in [0.3, 0.4) is 0 Å². The third kappa shape index (κ3) is 4.23. The number of ketones is 1. The SMILES string of the molecule is COc1cccc(C(=O)c2ncc(C(=O)O)c3cc(OCC4CCCC4)c(OC)cc23)c1. The topological polar surface area (TPSA) is 95.0 Å². The number of carbonyl (C=O) groups is 2. The lowest BCUT2D eigenvalue weighted by Gasteiger charge is -2.16. The second kappa shape index (κ2) is 9.26. The van der Waals surface area contributed by atoms with Crippen LogP contribution in [0.5, 0.6) is 17.2 Å². The summed E-state index contributed by atoms with van der Waals surface area (Å²) in [5.41, 5.74) is 0.524. The molecule has 1 saturated carbocycles. The molecule has 0 saturated heterocycles. The zero-order valence-electron chi connectivity index (χ0n) is 18.1. The Kier molecular flexibility index (Phi) is 6.25. The Labute approximate surface area is 185 Å². The summed E-state index contributed by atoms with van der Waals surface area (Å²) in [4.78, 5) is 29.3. The summed E-state index contributed by atoms with van der Waals surface area (Å²) in [5, 5.41) is 10.5. The maximum atomic E-state index is 13.3. The van der Waals surface area contributed by atoms with Crippen molar-refractivity contribution in [3.8, 4) is 17.2 Å². The lowest BCUT2D eigenvalue weighted by atomic mass is 9.99. The fraction of sp³-hybridized carbons (Fsp3) is 0.320. The van der Waals surface area contributed by atoms with E-state index in [1.807, 2.05) is 0 Å². The molecule has 2 aromatic carbocycles. The molecule has 4 rings (SSSR count). The van der Waals surface area contributed by atoms with Crippen molar-refractivity contribution in [2.24, 2.45) is 5.92 Å². The number of fused-ring (bicyclic) bond motifs is 1. The summed E-state index contributed by atoms with van der Waals surface area (Å²) in [6, 6.07) is 10.0. The Bertz CT molecular complexity index is 1170. The van der Waals surface area contributed by atoms with Gasteiger partial charge in [-0.3, -0.25) is 9.78 Å². The molecule has 0 bridgehead atoms. The van der Waals surface area contributed by atoms with E-state index in [0.717, 1.165) is 12.8 Å². The van der Waals surface area contributed by atoms with Crippen LogP contribution >= 0.6 is 0 Å². The first-order valence-corrected chi connectivity index (χ1v) is 10.6. The number of methoxy groups -OCH3 is 2. The fourth-order valence-electron chi connectivity index (χ4n) is 4.16. The van der Waals surface area contributed by atoms with Gasteiger partial charge in [-0.25, -0.2) is 4.79 Å². The van der Waals surface area contributed by atoms with E-state index >= 15 is 0 Å². The minimum Gasteiger partial charge on any atom is -0.497 e. The predicted octanol–water partition coefficient (Wildman–Crippen LogP) is 4.75. The largest absolute Gasteiger partial charge is 0.497 e. The smallest absolute Gasteiger partial charge is 0.337 e. The van der Waals surface area contributed by atoms with Crippen molar-refractivity contribution in [1.29, 1.82) is 0 Å². The van der Waals surface area contributed by atoms with E-state index in [1.54, 1.807) is 36.4 Å². The molecule has 7 heteroatoms. The van der Waals surface area contributed by atoms with Crippen molar-refractivity contribution in [2.45, 2.75) is 25.7 Å². The monoisotopic (exact) mass is 435 g/mol. The number of aromatic carboxylic acids is 1. The quantitative estimate of drug-likeness (QED) is 0.510. The van der Waals surface area contributed by atoms with Crippen LogP contribution in [-0.2, 0) is 0 Å². The van der Waals surface area contributed by atoms with E-state index in [-0.39, 0.29) is 17.0 Å². The highest BCUT2D eigenvalue weighted by molar-refractivity contribution is 6.18. The standard InChI is InChI=1S/C25H25NO6/c1-30-17-9-5-8-16(10-17)24(27)23-19-12-21(31-2)22(32-14-15-6-3-4-7-15)11-18(19)20(13-26-23)25(28)29/h5,8-13,15H,3-4,6-7,14H2,1-2H3,(H,28,29). The number of carboxylic acids is 1. The molecule has 0 atom stereocenters. The lowest BCUT2D eigenvalue weighted by molar-refractivity contribution is 0.0698. The average Bonchev–Trinajstić information content (AvgIpc) is 3.34. The summed E-state index contributed by atoms with van der Waals surface area (Å²) in [6.45, 7) is 0.547. The van der Waals surface area contributed by atoms with Crippen LogP contribution in [0.1, 0.15) is 52.1 Å². The van der Waals surface area contributed by atoms with Gasteiger partial charge in [0.05, 0.1) is 26.4 Å². The van der Waals surface area contributed by atoms with Gasteiger partial charge in [0, 0.05) is 22.5 Å². The minimum atomic E-state index is -1.13. The number of pyridine rings is 1. The molecule has 7 nitrogen and oxygen atoms in total. The Morgan fingerprint density at radius 2 is 1.78 bits per heavy atom. The van der Waals surface area contributed by atoms with Crippen molar-refractivity contribution in [3.05, 3.63) is 59.4 Å². The van der Waals surface area contributed by atoms with Gasteiger partial charge in [-0.05, 0) is 43.0 Å². The fourth-order valence-corrected chi connectivity index (χ4v) is 4.16. The molecule has 3 aromatic rings. The normalized spacial score (nSPS) is 13.8. The molecule has 0 spiro atoms. The van der Waals surface area contributed by atoms with Crippen molar-refractivity contribution in [1.82, 2.24) is 4.98 Å². The van der Waals surface area contributed by atoms with E-state index in [0.29, 0.717) is 46.1 Å². The van der Waals surface area contributed by atoms with Crippen molar-refractivity contribution in [3.63, 3.8) is 0 Å². The molecule has 0 radical (unpaired) electrons. The Hall–Kier alpha value is -3.61. The molecule has 1 N–H and O–H groups in total. The summed E-state index contributed by atoms with van der Waals surface area (Å²) in [5.74, 6) is 0.446. The molecule has 0 aliphatic heterocycles. The molecule has 32 heavy (non-hydrogen) atoms. The van der Waals surface area contributed by atoms with E-state index in [2.05, 4.69) is 4.98 Å². The second-order valence-electron chi connectivity index (χ2n) is 7.90. The van der Waals surface area contributed by atoms with E-state index in [9.17, 15) is 14.7 Å². The highest BCUT2D eigenvalue weighted by Gasteiger charge is 2.23. The number of carbonyl (C=O) groups excluding carboxylic acids is 1. The van der Waals surface area contributed by atoms with Crippen molar-refractivity contribution in [2.75, 3.05) is 20.8 Å². The molecule has 1 fully saturated rings. The van der Waals surface area contributed by atoms with Gasteiger partial charge in [0.1, 0.15) is 11.4 Å². The first-order chi connectivity index (χ1) is 15.5. The summed E-state index contributed by atoms with van der Waals surface area (Å²) in [7, 11) is 3.04. The zero-order valence-corrected chi connectivity index (χ0v) is 18.1. The van der Waals surface area contributed by atoms with Gasteiger partial charge >= 0.3 is 5.97 Å². The van der Waals surface area contributed by atoms with Crippen LogP contribution in [0.2, 0.25) is 0 Å². The number of hydrogen-bond donors (Lipinski definition) is 1. The number of hydrogen-bond acceptors (Lipinski definition) is 6. The van der Waals surface area contributed by atoms with Gasteiger partial charge in [-0.1, -0.05) is 25.0 Å². The van der Waals surface area contributed by atoms with E-state index in [1.165, 1.54) is 33.3 Å². The van der Waals surface area contributed by atoms with E-state index in [4.69, 9.17) is 14.2 Å². The summed E-state index contributed by atoms with van der Waals surface area (Å²) >= 11 is 0. The predicted molar refractivity (Wildman–Crippen MR) is 119 cm³/mol. The second-order valence-corrected chi connectivity index (χ2v) is 7.90. The lowest BCUT2D eigenvalue weighted by Crippen LogP contribution is -2.11. The van der Waals surface area contributed by atoms with Crippen LogP contribution in [-0.4, -0.2) is 42.7 Å². The zero-order chi connectivity index (χ0) is 22.7. The van der Waals surface area contributed by atoms with Gasteiger partial charge < -0.3 is 19.3 Å². The van der Waals surface area contributed by atoms with Crippen molar-refractivity contribution < 1.29 is 28.9 Å². The number of nitrogens with zero attached hydrogens (tertiary/aromatic N) is 1. The molecule has 0 unspecified atom stereocenters. The Morgan fingerprint density at radius 1 is 1.03 bits per heavy atom. The molecular formula is C25H25NO6. The maximum Gasteiger partial charge on any atom is 0.337 e. The maximum absolute atomic E-state index is 13.3. The molecule has 1 aromatic heterocycles. The summed E-state index contributed by atoms with van der Waals surface area (Å²) in [6.07, 6.45) is 5.87. The number of aromatic nitrogens is 1. The number of carboxylic acid groups (broad SMARTS) is 1. The molecule has 1 aliphatic carbocycles. The van der Waals surface area contributed by atoms with Crippen molar-refractivity contribution >= 4 is 22.5 Å². The van der Waals surface area contributed by atoms with Gasteiger partial charge in [0.15, 0.2) is 11.5 Å². The van der Waals surface area contributed by atoms with Crippen LogP contribution in [0.4, 0.5) is 0 Å². The Morgan fingerprint density at radius 3 is 2.47 bits per heavy atom. The molecule has 1 aliphatic rings. The van der Waals surface area contributed by atoms with E-state index < -0.39 is 5.97 Å². The van der Waals surface area contributed by atoms with Gasteiger partial charge in [0.25, 0.3) is 0 Å². The highest BCUT2D eigenvalue weighted by atomic mass is 16.5. The van der Waals surface area contributed by atoms with Crippen LogP contribution in [0, 0.1) is 5.92 Å². The Balaban J connectivity index is 1.81.